The molecular formula is C21H20O5. The van der Waals surface area contributed by atoms with E-state index in [2.05, 4.69) is 0 Å². The zero-order chi connectivity index (χ0) is 18.7. The minimum Gasteiger partial charge on any atom is -0.468 e. The molecule has 1 aliphatic carbocycles. The van der Waals surface area contributed by atoms with Crippen LogP contribution in [0.3, 0.4) is 0 Å². The number of benzene rings is 2. The Labute approximate surface area is 151 Å². The average Bonchev–Trinajstić information content (AvgIpc) is 2.67. The molecule has 2 aromatic carbocycles. The van der Waals surface area contributed by atoms with Gasteiger partial charge in [0.25, 0.3) is 0 Å². The molecule has 134 valence electrons. The summed E-state index contributed by atoms with van der Waals surface area (Å²) in [5.74, 6) is -3.74. The molecular weight excluding hydrogens is 332 g/mol. The molecule has 2 aromatic rings. The van der Waals surface area contributed by atoms with Gasteiger partial charge in [-0.2, -0.15) is 0 Å². The number of aliphatic hydroxyl groups is 1. The highest BCUT2D eigenvalue weighted by molar-refractivity contribution is 6.08. The Kier molecular flexibility index (Phi) is 5.00. The number of carbonyl (C=O) groups is 3. The van der Waals surface area contributed by atoms with Crippen LogP contribution in [-0.2, 0) is 19.9 Å². The second kappa shape index (κ2) is 7.22. The summed E-state index contributed by atoms with van der Waals surface area (Å²) in [6.07, 6.45) is -0.244. The number of rotatable bonds is 4. The van der Waals surface area contributed by atoms with Crippen LogP contribution >= 0.6 is 0 Å². The lowest BCUT2D eigenvalue weighted by atomic mass is 9.66. The van der Waals surface area contributed by atoms with Crippen LogP contribution in [0.4, 0.5) is 0 Å². The maximum Gasteiger partial charge on any atom is 0.316 e. The Bertz CT molecular complexity index is 815. The van der Waals surface area contributed by atoms with E-state index in [9.17, 15) is 19.5 Å². The van der Waals surface area contributed by atoms with Crippen molar-refractivity contribution in [3.05, 3.63) is 71.8 Å². The molecule has 5 heteroatoms. The van der Waals surface area contributed by atoms with E-state index in [4.69, 9.17) is 4.74 Å². The summed E-state index contributed by atoms with van der Waals surface area (Å²) >= 11 is 0. The number of carbonyl (C=O) groups excluding carboxylic acids is 3. The highest BCUT2D eigenvalue weighted by atomic mass is 16.5. The van der Waals surface area contributed by atoms with Gasteiger partial charge < -0.3 is 9.84 Å². The van der Waals surface area contributed by atoms with Crippen LogP contribution in [0.2, 0.25) is 0 Å². The molecule has 0 aliphatic heterocycles. The lowest BCUT2D eigenvalue weighted by molar-refractivity contribution is -0.157. The molecule has 3 atom stereocenters. The van der Waals surface area contributed by atoms with Crippen molar-refractivity contribution in [1.29, 1.82) is 0 Å². The molecule has 0 radical (unpaired) electrons. The van der Waals surface area contributed by atoms with Gasteiger partial charge in [-0.15, -0.1) is 0 Å². The van der Waals surface area contributed by atoms with Gasteiger partial charge in [-0.3, -0.25) is 14.4 Å². The largest absolute Gasteiger partial charge is 0.468 e. The quantitative estimate of drug-likeness (QED) is 0.519. The van der Waals surface area contributed by atoms with Gasteiger partial charge in [0.05, 0.1) is 12.7 Å². The predicted octanol–water partition coefficient (Wildman–Crippen LogP) is 2.53. The fraction of sp³-hybridized carbons (Fsp3) is 0.286. The highest BCUT2D eigenvalue weighted by Gasteiger charge is 2.51. The van der Waals surface area contributed by atoms with E-state index in [-0.39, 0.29) is 18.6 Å². The van der Waals surface area contributed by atoms with Crippen LogP contribution in [0.25, 0.3) is 0 Å². The lowest BCUT2D eigenvalue weighted by Crippen LogP contribution is -2.48. The van der Waals surface area contributed by atoms with Gasteiger partial charge in [0.2, 0.25) is 0 Å². The van der Waals surface area contributed by atoms with Gasteiger partial charge >= 0.3 is 5.97 Å². The van der Waals surface area contributed by atoms with E-state index in [1.807, 2.05) is 0 Å². The normalized spacial score (nSPS) is 25.5. The molecule has 1 aliphatic rings. The highest BCUT2D eigenvalue weighted by Crippen LogP contribution is 2.42. The Morgan fingerprint density at radius 1 is 1.04 bits per heavy atom. The van der Waals surface area contributed by atoms with E-state index < -0.39 is 29.2 Å². The Hall–Kier alpha value is -2.79. The van der Waals surface area contributed by atoms with Crippen molar-refractivity contribution in [2.75, 3.05) is 7.11 Å². The van der Waals surface area contributed by atoms with Gasteiger partial charge in [0.1, 0.15) is 5.92 Å². The van der Waals surface area contributed by atoms with Crippen molar-refractivity contribution in [3.8, 4) is 0 Å². The van der Waals surface area contributed by atoms with Gasteiger partial charge in [-0.25, -0.2) is 0 Å². The van der Waals surface area contributed by atoms with Crippen molar-refractivity contribution in [2.24, 2.45) is 11.8 Å². The molecule has 0 unspecified atom stereocenters. The van der Waals surface area contributed by atoms with Crippen LogP contribution < -0.4 is 0 Å². The third-order valence-electron chi connectivity index (χ3n) is 4.93. The van der Waals surface area contributed by atoms with E-state index in [0.717, 1.165) is 0 Å². The molecule has 0 aromatic heterocycles. The molecule has 1 saturated carbocycles. The lowest BCUT2D eigenvalue weighted by Gasteiger charge is -2.39. The summed E-state index contributed by atoms with van der Waals surface area (Å²) in [7, 11) is 1.19. The van der Waals surface area contributed by atoms with E-state index in [1.54, 1.807) is 60.7 Å². The van der Waals surface area contributed by atoms with Crippen LogP contribution in [0.5, 0.6) is 0 Å². The van der Waals surface area contributed by atoms with Gasteiger partial charge in [0, 0.05) is 17.9 Å². The van der Waals surface area contributed by atoms with Crippen LogP contribution in [0.15, 0.2) is 60.7 Å². The van der Waals surface area contributed by atoms with E-state index in [0.29, 0.717) is 11.1 Å². The SMILES string of the molecule is COC(=O)[C@H]1C(=O)C[C@](O)(c2ccccc2)C[C@@H]1C(=O)c1ccccc1. The number of methoxy groups -OCH3 is 1. The van der Waals surface area contributed by atoms with Crippen molar-refractivity contribution in [2.45, 2.75) is 18.4 Å². The first-order chi connectivity index (χ1) is 12.5. The second-order valence-corrected chi connectivity index (χ2v) is 6.58. The third kappa shape index (κ3) is 3.30. The fourth-order valence-electron chi connectivity index (χ4n) is 3.63. The molecule has 3 rings (SSSR count). The second-order valence-electron chi connectivity index (χ2n) is 6.58. The standard InChI is InChI=1S/C21H20O5/c1-26-20(24)18-16(19(23)14-8-4-2-5-9-14)12-21(25,13-17(18)22)15-10-6-3-7-11-15/h2-11,16,18,25H,12-13H2,1H3/t16-,18+,21-/m0/s1. The molecule has 5 nitrogen and oxygen atoms in total. The predicted molar refractivity (Wildman–Crippen MR) is 94.3 cm³/mol. The number of ketones is 2. The van der Waals surface area contributed by atoms with Crippen molar-refractivity contribution in [1.82, 2.24) is 0 Å². The molecule has 1 N–H and O–H groups in total. The minimum atomic E-state index is -1.49. The summed E-state index contributed by atoms with van der Waals surface area (Å²) in [4.78, 5) is 37.9. The summed E-state index contributed by atoms with van der Waals surface area (Å²) in [6, 6.07) is 17.3. The van der Waals surface area contributed by atoms with E-state index >= 15 is 0 Å². The average molecular weight is 352 g/mol. The topological polar surface area (TPSA) is 80.7 Å². The number of hydrogen-bond donors (Lipinski definition) is 1. The van der Waals surface area contributed by atoms with Gasteiger partial charge in [0.15, 0.2) is 11.6 Å². The van der Waals surface area contributed by atoms with Crippen LogP contribution in [0.1, 0.15) is 28.8 Å². The number of esters is 1. The summed E-state index contributed by atoms with van der Waals surface area (Å²) < 4.78 is 4.76. The zero-order valence-electron chi connectivity index (χ0n) is 14.4. The molecule has 0 bridgehead atoms. The van der Waals surface area contributed by atoms with Crippen molar-refractivity contribution >= 4 is 17.5 Å². The molecule has 0 spiro atoms. The number of Topliss-reactive ketones (excluding diaryl/α,β-unsaturated/α-hetero) is 2. The van der Waals surface area contributed by atoms with E-state index in [1.165, 1.54) is 7.11 Å². The molecule has 1 fully saturated rings. The third-order valence-corrected chi connectivity index (χ3v) is 4.93. The zero-order valence-corrected chi connectivity index (χ0v) is 14.4. The Balaban J connectivity index is 2.02. The van der Waals surface area contributed by atoms with Crippen LogP contribution in [0, 0.1) is 11.8 Å². The van der Waals surface area contributed by atoms with Gasteiger partial charge in [-0.05, 0) is 12.0 Å². The summed E-state index contributed by atoms with van der Waals surface area (Å²) in [6.45, 7) is 0. The first-order valence-electron chi connectivity index (χ1n) is 8.44. The molecule has 0 heterocycles. The minimum absolute atomic E-state index is 0.0176. The summed E-state index contributed by atoms with van der Waals surface area (Å²) in [5, 5.41) is 11.1. The smallest absolute Gasteiger partial charge is 0.316 e. The fourth-order valence-corrected chi connectivity index (χ4v) is 3.63. The number of hydrogen-bond acceptors (Lipinski definition) is 5. The number of ether oxygens (including phenoxy) is 1. The maximum absolute atomic E-state index is 13.0. The Morgan fingerprint density at radius 3 is 2.19 bits per heavy atom. The van der Waals surface area contributed by atoms with Crippen LogP contribution in [-0.4, -0.2) is 29.8 Å². The summed E-state index contributed by atoms with van der Waals surface area (Å²) in [5.41, 5.74) is -0.531. The maximum atomic E-state index is 13.0. The van der Waals surface area contributed by atoms with Crippen molar-refractivity contribution < 1.29 is 24.2 Å². The Morgan fingerprint density at radius 2 is 1.62 bits per heavy atom. The molecule has 26 heavy (non-hydrogen) atoms. The first-order valence-corrected chi connectivity index (χ1v) is 8.44. The van der Waals surface area contributed by atoms with Crippen molar-refractivity contribution in [3.63, 3.8) is 0 Å². The monoisotopic (exact) mass is 352 g/mol. The molecule has 0 saturated heterocycles. The first kappa shape index (κ1) is 18.0. The van der Waals surface area contributed by atoms with Gasteiger partial charge in [-0.1, -0.05) is 60.7 Å². The molecule has 0 amide bonds.